The number of terminal acetylenes is 1. The smallest absolute Gasteiger partial charge is 0.225 e. The predicted molar refractivity (Wildman–Crippen MR) is 84.8 cm³/mol. The van der Waals surface area contributed by atoms with E-state index >= 15 is 0 Å². The van der Waals surface area contributed by atoms with Crippen molar-refractivity contribution < 1.29 is 0 Å². The highest BCUT2D eigenvalue weighted by molar-refractivity contribution is 5.52. The van der Waals surface area contributed by atoms with E-state index < -0.39 is 0 Å². The average molecular weight is 278 g/mol. The minimum absolute atomic E-state index is 0.205. The van der Waals surface area contributed by atoms with Crippen LogP contribution in [-0.2, 0) is 6.42 Å². The maximum atomic E-state index is 5.83. The van der Waals surface area contributed by atoms with E-state index in [2.05, 4.69) is 53.3 Å². The molecule has 1 aromatic carbocycles. The Balaban J connectivity index is 1.91. The maximum absolute atomic E-state index is 5.83. The minimum atomic E-state index is 0.205. The Morgan fingerprint density at radius 1 is 1.43 bits per heavy atom. The highest BCUT2D eigenvalue weighted by Gasteiger charge is 2.29. The van der Waals surface area contributed by atoms with Gasteiger partial charge in [0.1, 0.15) is 5.82 Å². The molecule has 0 radical (unpaired) electrons. The van der Waals surface area contributed by atoms with Crippen LogP contribution in [0.1, 0.15) is 35.2 Å². The molecule has 106 valence electrons. The van der Waals surface area contributed by atoms with E-state index in [-0.39, 0.29) is 6.04 Å². The van der Waals surface area contributed by atoms with Gasteiger partial charge in [0.05, 0.1) is 17.8 Å². The molecule has 1 aliphatic carbocycles. The summed E-state index contributed by atoms with van der Waals surface area (Å²) >= 11 is 0. The van der Waals surface area contributed by atoms with Crippen molar-refractivity contribution in [3.63, 3.8) is 0 Å². The summed E-state index contributed by atoms with van der Waals surface area (Å²) in [7, 11) is 0. The highest BCUT2D eigenvalue weighted by atomic mass is 15.1. The zero-order valence-electron chi connectivity index (χ0n) is 12.2. The van der Waals surface area contributed by atoms with Crippen LogP contribution < -0.4 is 11.1 Å². The topological polar surface area (TPSA) is 63.8 Å². The molecule has 1 heterocycles. The fourth-order valence-electron chi connectivity index (χ4n) is 2.90. The second-order valence-electron chi connectivity index (χ2n) is 5.64. The first-order valence-corrected chi connectivity index (χ1v) is 7.03. The van der Waals surface area contributed by atoms with Crippen molar-refractivity contribution in [2.75, 3.05) is 11.1 Å². The Morgan fingerprint density at radius 2 is 2.24 bits per heavy atom. The van der Waals surface area contributed by atoms with Crippen molar-refractivity contribution in [3.8, 4) is 12.3 Å². The molecule has 0 bridgehead atoms. The van der Waals surface area contributed by atoms with Crippen LogP contribution in [0.2, 0.25) is 0 Å². The third kappa shape index (κ3) is 2.43. The lowest BCUT2D eigenvalue weighted by molar-refractivity contribution is 0.539. The van der Waals surface area contributed by atoms with Crippen LogP contribution in [0.15, 0.2) is 24.4 Å². The van der Waals surface area contributed by atoms with Gasteiger partial charge in [0, 0.05) is 0 Å². The number of hydrogen-bond acceptors (Lipinski definition) is 4. The number of nitrogens with two attached hydrogens (primary N) is 1. The van der Waals surface area contributed by atoms with Crippen molar-refractivity contribution in [1.82, 2.24) is 9.97 Å². The first-order valence-electron chi connectivity index (χ1n) is 7.03. The first-order chi connectivity index (χ1) is 10.1. The quantitative estimate of drug-likeness (QED) is 0.829. The van der Waals surface area contributed by atoms with Gasteiger partial charge < -0.3 is 11.1 Å². The summed E-state index contributed by atoms with van der Waals surface area (Å²) in [5.41, 5.74) is 10.3. The third-order valence-electron chi connectivity index (χ3n) is 4.01. The van der Waals surface area contributed by atoms with Crippen LogP contribution in [0, 0.1) is 25.2 Å². The number of anilines is 2. The summed E-state index contributed by atoms with van der Waals surface area (Å²) in [6.45, 7) is 4.34. The molecule has 0 amide bonds. The number of fused-ring (bicyclic) bond motifs is 1. The zero-order chi connectivity index (χ0) is 15.0. The molecule has 0 aliphatic heterocycles. The molecule has 0 saturated heterocycles. The SMILES string of the molecule is C#Cc1cnc(N[C@H]2c3cc(C)ccc3C[C@@H]2C)nc1N. The first kappa shape index (κ1) is 13.4. The van der Waals surface area contributed by atoms with Gasteiger partial charge >= 0.3 is 0 Å². The number of nitrogens with one attached hydrogen (secondary N) is 1. The third-order valence-corrected chi connectivity index (χ3v) is 4.01. The van der Waals surface area contributed by atoms with Gasteiger partial charge in [-0.05, 0) is 30.4 Å². The molecule has 4 heteroatoms. The summed E-state index contributed by atoms with van der Waals surface area (Å²) in [5, 5.41) is 3.40. The average Bonchev–Trinajstić information content (AvgIpc) is 2.75. The van der Waals surface area contributed by atoms with Gasteiger partial charge in [-0.15, -0.1) is 6.42 Å². The lowest BCUT2D eigenvalue weighted by Gasteiger charge is -2.19. The van der Waals surface area contributed by atoms with Crippen LogP contribution >= 0.6 is 0 Å². The Hall–Kier alpha value is -2.54. The van der Waals surface area contributed by atoms with E-state index in [4.69, 9.17) is 12.2 Å². The van der Waals surface area contributed by atoms with Crippen molar-refractivity contribution >= 4 is 11.8 Å². The Morgan fingerprint density at radius 3 is 2.95 bits per heavy atom. The van der Waals surface area contributed by atoms with Gasteiger partial charge in [0.25, 0.3) is 0 Å². The summed E-state index contributed by atoms with van der Waals surface area (Å²) in [4.78, 5) is 8.51. The molecule has 1 aromatic heterocycles. The molecule has 3 N–H and O–H groups in total. The van der Waals surface area contributed by atoms with E-state index in [0.29, 0.717) is 23.2 Å². The summed E-state index contributed by atoms with van der Waals surface area (Å²) < 4.78 is 0. The number of aryl methyl sites for hydroxylation is 1. The predicted octanol–water partition coefficient (Wildman–Crippen LogP) is 2.69. The van der Waals surface area contributed by atoms with E-state index in [9.17, 15) is 0 Å². The molecule has 0 spiro atoms. The van der Waals surface area contributed by atoms with E-state index in [0.717, 1.165) is 6.42 Å². The minimum Gasteiger partial charge on any atom is -0.382 e. The summed E-state index contributed by atoms with van der Waals surface area (Å²) in [5.74, 6) is 3.82. The van der Waals surface area contributed by atoms with Crippen LogP contribution in [-0.4, -0.2) is 9.97 Å². The molecule has 4 nitrogen and oxygen atoms in total. The number of nitrogens with zero attached hydrogens (tertiary/aromatic N) is 2. The van der Waals surface area contributed by atoms with Gasteiger partial charge in [-0.25, -0.2) is 4.98 Å². The standard InChI is InChI=1S/C17H18N4/c1-4-12-9-19-17(21-16(12)18)20-15-11(3)8-13-6-5-10(2)7-14(13)15/h1,5-7,9,11,15H,8H2,2-3H3,(H3,18,19,20,21)/t11-,15+/m0/s1. The zero-order valence-corrected chi connectivity index (χ0v) is 12.2. The molecular weight excluding hydrogens is 260 g/mol. The van der Waals surface area contributed by atoms with Gasteiger partial charge in [-0.3, -0.25) is 0 Å². The highest BCUT2D eigenvalue weighted by Crippen LogP contribution is 2.38. The van der Waals surface area contributed by atoms with Crippen LogP contribution in [0.5, 0.6) is 0 Å². The van der Waals surface area contributed by atoms with Crippen molar-refractivity contribution in [2.45, 2.75) is 26.3 Å². The lowest BCUT2D eigenvalue weighted by Crippen LogP contribution is -2.16. The molecular formula is C17H18N4. The van der Waals surface area contributed by atoms with E-state index in [1.807, 2.05) is 0 Å². The molecule has 1 aliphatic rings. The second kappa shape index (κ2) is 5.10. The summed E-state index contributed by atoms with van der Waals surface area (Å²) in [6, 6.07) is 6.80. The molecule has 2 atom stereocenters. The van der Waals surface area contributed by atoms with Gasteiger partial charge in [-0.2, -0.15) is 4.98 Å². The van der Waals surface area contributed by atoms with Gasteiger partial charge in [-0.1, -0.05) is 36.6 Å². The number of nitrogen functional groups attached to an aromatic ring is 1. The number of benzene rings is 1. The molecule has 3 rings (SSSR count). The van der Waals surface area contributed by atoms with Crippen LogP contribution in [0.3, 0.4) is 0 Å². The number of aromatic nitrogens is 2. The van der Waals surface area contributed by atoms with Gasteiger partial charge in [0.15, 0.2) is 0 Å². The molecule has 0 fully saturated rings. The molecule has 2 aromatic rings. The second-order valence-corrected chi connectivity index (χ2v) is 5.64. The number of hydrogen-bond donors (Lipinski definition) is 2. The Bertz CT molecular complexity index is 730. The Kier molecular flexibility index (Phi) is 3.26. The van der Waals surface area contributed by atoms with Crippen molar-refractivity contribution in [2.24, 2.45) is 5.92 Å². The molecule has 0 unspecified atom stereocenters. The lowest BCUT2D eigenvalue weighted by atomic mass is 10.0. The van der Waals surface area contributed by atoms with Crippen LogP contribution in [0.4, 0.5) is 11.8 Å². The van der Waals surface area contributed by atoms with E-state index in [1.54, 1.807) is 6.20 Å². The fraction of sp³-hybridized carbons (Fsp3) is 0.294. The number of rotatable bonds is 2. The fourth-order valence-corrected chi connectivity index (χ4v) is 2.90. The van der Waals surface area contributed by atoms with Crippen molar-refractivity contribution in [3.05, 3.63) is 46.6 Å². The largest absolute Gasteiger partial charge is 0.382 e. The maximum Gasteiger partial charge on any atom is 0.225 e. The Labute approximate surface area is 124 Å². The summed E-state index contributed by atoms with van der Waals surface area (Å²) in [6.07, 6.45) is 7.98. The molecule has 21 heavy (non-hydrogen) atoms. The molecule has 0 saturated carbocycles. The normalized spacial score (nSPS) is 19.9. The van der Waals surface area contributed by atoms with Crippen molar-refractivity contribution in [1.29, 1.82) is 0 Å². The van der Waals surface area contributed by atoms with E-state index in [1.165, 1.54) is 16.7 Å². The monoisotopic (exact) mass is 278 g/mol. The van der Waals surface area contributed by atoms with Crippen LogP contribution in [0.25, 0.3) is 0 Å². The van der Waals surface area contributed by atoms with Gasteiger partial charge in [0.2, 0.25) is 5.95 Å².